The predicted octanol–water partition coefficient (Wildman–Crippen LogP) is 5.31. The number of allylic oxidation sites excluding steroid dienone is 1. The van der Waals surface area contributed by atoms with Crippen LogP contribution in [0, 0.1) is 5.82 Å². The summed E-state index contributed by atoms with van der Waals surface area (Å²) < 4.78 is 20.5. The van der Waals surface area contributed by atoms with Crippen molar-refractivity contribution >= 4 is 34.3 Å². The van der Waals surface area contributed by atoms with Crippen LogP contribution >= 0.6 is 0 Å². The lowest BCUT2D eigenvalue weighted by molar-refractivity contribution is -0.123. The molecule has 3 aromatic rings. The van der Waals surface area contributed by atoms with Crippen molar-refractivity contribution in [1.29, 1.82) is 0 Å². The number of amides is 1. The second-order valence-electron chi connectivity index (χ2n) is 8.94. The molecule has 34 heavy (non-hydrogen) atoms. The minimum absolute atomic E-state index is 0.192. The highest BCUT2D eigenvalue weighted by atomic mass is 19.1. The first-order valence-electron chi connectivity index (χ1n) is 11.4. The molecule has 176 valence electrons. The van der Waals surface area contributed by atoms with E-state index in [0.717, 1.165) is 35.2 Å². The molecule has 0 unspecified atom stereocenters. The van der Waals surface area contributed by atoms with Gasteiger partial charge in [0.25, 0.3) is 5.91 Å². The van der Waals surface area contributed by atoms with Gasteiger partial charge in [-0.05, 0) is 57.0 Å². The van der Waals surface area contributed by atoms with Crippen LogP contribution in [0.2, 0.25) is 0 Å². The predicted molar refractivity (Wildman–Crippen MR) is 135 cm³/mol. The summed E-state index contributed by atoms with van der Waals surface area (Å²) in [6.45, 7) is 9.01. The second kappa shape index (κ2) is 9.63. The summed E-state index contributed by atoms with van der Waals surface area (Å²) >= 11 is 0. The normalized spacial score (nSPS) is 14.7. The van der Waals surface area contributed by atoms with E-state index in [4.69, 9.17) is 4.74 Å². The maximum absolute atomic E-state index is 14.9. The standard InChI is InChI=1S/C27H29FN4O2/c1-5-12-32-23-14-22(28)20(13-21(23)18(2)15-27(32,3)4)16-30-31-25(33)17-34-24-10-6-8-19-9-7-11-29-26(19)24/h6-11,13-16H,5,12,17H2,1-4H3,(H,31,33)/b30-16-. The number of aromatic nitrogens is 1. The van der Waals surface area contributed by atoms with E-state index in [1.165, 1.54) is 6.21 Å². The van der Waals surface area contributed by atoms with E-state index in [1.807, 2.05) is 31.2 Å². The van der Waals surface area contributed by atoms with Gasteiger partial charge in [0, 0.05) is 34.9 Å². The number of anilines is 1. The number of carbonyl (C=O) groups is 1. The quantitative estimate of drug-likeness (QED) is 0.383. The number of pyridine rings is 1. The second-order valence-corrected chi connectivity index (χ2v) is 8.94. The highest BCUT2D eigenvalue weighted by Crippen LogP contribution is 2.40. The van der Waals surface area contributed by atoms with Crippen molar-refractivity contribution < 1.29 is 13.9 Å². The molecular formula is C27H29FN4O2. The zero-order chi connectivity index (χ0) is 24.3. The van der Waals surface area contributed by atoms with Gasteiger partial charge in [0.2, 0.25) is 0 Å². The SMILES string of the molecule is CCCN1c2cc(F)c(/C=N\NC(=O)COc3cccc4cccnc34)cc2C(C)=CC1(C)C. The highest BCUT2D eigenvalue weighted by Gasteiger charge is 2.31. The molecule has 0 saturated heterocycles. The van der Waals surface area contributed by atoms with Crippen molar-refractivity contribution in [1.82, 2.24) is 10.4 Å². The van der Waals surface area contributed by atoms with Crippen LogP contribution in [0.25, 0.3) is 16.5 Å². The van der Waals surface area contributed by atoms with Crippen molar-refractivity contribution in [3.63, 3.8) is 0 Å². The molecule has 0 fully saturated rings. The average molecular weight is 461 g/mol. The summed E-state index contributed by atoms with van der Waals surface area (Å²) in [7, 11) is 0. The van der Waals surface area contributed by atoms with Crippen LogP contribution in [0.5, 0.6) is 5.75 Å². The molecule has 0 saturated carbocycles. The number of carbonyl (C=O) groups excluding carboxylic acids is 1. The van der Waals surface area contributed by atoms with Crippen LogP contribution in [-0.2, 0) is 4.79 Å². The average Bonchev–Trinajstić information content (AvgIpc) is 2.80. The Morgan fingerprint density at radius 1 is 1.26 bits per heavy atom. The molecule has 1 aliphatic rings. The Morgan fingerprint density at radius 2 is 2.06 bits per heavy atom. The minimum Gasteiger partial charge on any atom is -0.481 e. The van der Waals surface area contributed by atoms with E-state index >= 15 is 0 Å². The fourth-order valence-electron chi connectivity index (χ4n) is 4.39. The Kier molecular flexibility index (Phi) is 6.63. The van der Waals surface area contributed by atoms with Crippen molar-refractivity contribution in [3.05, 3.63) is 71.7 Å². The summed E-state index contributed by atoms with van der Waals surface area (Å²) in [6, 6.07) is 12.6. The fraction of sp³-hybridized carbons (Fsp3) is 0.296. The van der Waals surface area contributed by atoms with Gasteiger partial charge in [0.15, 0.2) is 6.61 Å². The molecule has 1 aliphatic heterocycles. The number of nitrogens with zero attached hydrogens (tertiary/aromatic N) is 3. The maximum atomic E-state index is 14.9. The lowest BCUT2D eigenvalue weighted by atomic mass is 9.88. The van der Waals surface area contributed by atoms with Gasteiger partial charge in [0.05, 0.1) is 11.8 Å². The number of halogens is 1. The number of nitrogens with one attached hydrogen (secondary N) is 1. The van der Waals surface area contributed by atoms with E-state index in [1.54, 1.807) is 24.4 Å². The maximum Gasteiger partial charge on any atom is 0.277 e. The monoisotopic (exact) mass is 460 g/mol. The zero-order valence-electron chi connectivity index (χ0n) is 19.9. The number of hydrogen-bond acceptors (Lipinski definition) is 5. The number of ether oxygens (including phenoxy) is 1. The summed E-state index contributed by atoms with van der Waals surface area (Å²) in [5, 5.41) is 4.86. The summed E-state index contributed by atoms with van der Waals surface area (Å²) in [5.41, 5.74) is 6.13. The number of fused-ring (bicyclic) bond motifs is 2. The van der Waals surface area contributed by atoms with Crippen LogP contribution < -0.4 is 15.1 Å². The van der Waals surface area contributed by atoms with Gasteiger partial charge >= 0.3 is 0 Å². The molecule has 4 rings (SSSR count). The molecule has 7 heteroatoms. The van der Waals surface area contributed by atoms with E-state index in [-0.39, 0.29) is 18.0 Å². The number of hydrazone groups is 1. The van der Waals surface area contributed by atoms with Gasteiger partial charge in [-0.1, -0.05) is 31.2 Å². The Hall–Kier alpha value is -3.74. The van der Waals surface area contributed by atoms with Crippen LogP contribution in [0.4, 0.5) is 10.1 Å². The number of hydrogen-bond donors (Lipinski definition) is 1. The molecule has 0 radical (unpaired) electrons. The van der Waals surface area contributed by atoms with Gasteiger partial charge in [-0.15, -0.1) is 0 Å². The van der Waals surface area contributed by atoms with Crippen molar-refractivity contribution in [2.75, 3.05) is 18.1 Å². The van der Waals surface area contributed by atoms with Gasteiger partial charge in [-0.2, -0.15) is 5.10 Å². The Labute approximate surface area is 199 Å². The van der Waals surface area contributed by atoms with Gasteiger partial charge < -0.3 is 9.64 Å². The summed E-state index contributed by atoms with van der Waals surface area (Å²) in [4.78, 5) is 18.7. The first-order valence-corrected chi connectivity index (χ1v) is 11.4. The molecular weight excluding hydrogens is 431 g/mol. The molecule has 0 aliphatic carbocycles. The first kappa shape index (κ1) is 23.4. The summed E-state index contributed by atoms with van der Waals surface area (Å²) in [6.07, 6.45) is 6.16. The van der Waals surface area contributed by atoms with E-state index in [2.05, 4.69) is 47.3 Å². The molecule has 1 N–H and O–H groups in total. The first-order chi connectivity index (χ1) is 16.3. The smallest absolute Gasteiger partial charge is 0.277 e. The lowest BCUT2D eigenvalue weighted by Gasteiger charge is -2.43. The zero-order valence-corrected chi connectivity index (χ0v) is 19.9. The molecule has 2 heterocycles. The highest BCUT2D eigenvalue weighted by molar-refractivity contribution is 5.89. The third-order valence-electron chi connectivity index (χ3n) is 5.89. The molecule has 0 bridgehead atoms. The van der Waals surface area contributed by atoms with E-state index in [0.29, 0.717) is 16.8 Å². The molecule has 6 nitrogen and oxygen atoms in total. The molecule has 1 aromatic heterocycles. The van der Waals surface area contributed by atoms with E-state index in [9.17, 15) is 9.18 Å². The third kappa shape index (κ3) is 4.78. The molecule has 2 aromatic carbocycles. The minimum atomic E-state index is -0.450. The topological polar surface area (TPSA) is 66.8 Å². The molecule has 0 atom stereocenters. The van der Waals surface area contributed by atoms with Gasteiger partial charge in [0.1, 0.15) is 17.1 Å². The number of rotatable bonds is 7. The Bertz CT molecular complexity index is 1280. The van der Waals surface area contributed by atoms with Gasteiger partial charge in [-0.3, -0.25) is 9.78 Å². The molecule has 1 amide bonds. The number of para-hydroxylation sites is 1. The summed E-state index contributed by atoms with van der Waals surface area (Å²) in [5.74, 6) is -0.323. The molecule has 0 spiro atoms. The fourth-order valence-corrected chi connectivity index (χ4v) is 4.39. The van der Waals surface area contributed by atoms with Gasteiger partial charge in [-0.25, -0.2) is 9.82 Å². The Morgan fingerprint density at radius 3 is 2.85 bits per heavy atom. The van der Waals surface area contributed by atoms with Crippen LogP contribution in [0.15, 0.2) is 59.8 Å². The van der Waals surface area contributed by atoms with Crippen LogP contribution in [-0.4, -0.2) is 35.8 Å². The lowest BCUT2D eigenvalue weighted by Crippen LogP contribution is -2.45. The van der Waals surface area contributed by atoms with E-state index < -0.39 is 5.91 Å². The van der Waals surface area contributed by atoms with Crippen molar-refractivity contribution in [3.8, 4) is 5.75 Å². The third-order valence-corrected chi connectivity index (χ3v) is 5.89. The largest absolute Gasteiger partial charge is 0.481 e. The van der Waals surface area contributed by atoms with Crippen LogP contribution in [0.3, 0.4) is 0 Å². The van der Waals surface area contributed by atoms with Crippen molar-refractivity contribution in [2.24, 2.45) is 5.10 Å². The van der Waals surface area contributed by atoms with Crippen LogP contribution in [0.1, 0.15) is 45.2 Å². The van der Waals surface area contributed by atoms with Crippen molar-refractivity contribution in [2.45, 2.75) is 39.7 Å². The Balaban J connectivity index is 1.45. The number of benzene rings is 2.